The summed E-state index contributed by atoms with van der Waals surface area (Å²) in [6.45, 7) is 3.11. The first-order valence-corrected chi connectivity index (χ1v) is 6.71. The number of aryl methyl sites for hydroxylation is 2. The molecule has 120 valence electrons. The molecular formula is C15H15N3O5. The molecule has 0 saturated heterocycles. The van der Waals surface area contributed by atoms with E-state index < -0.39 is 10.8 Å². The van der Waals surface area contributed by atoms with Crippen LogP contribution in [0.5, 0.6) is 5.75 Å². The summed E-state index contributed by atoms with van der Waals surface area (Å²) in [4.78, 5) is 22.0. The van der Waals surface area contributed by atoms with Crippen LogP contribution in [0.25, 0.3) is 0 Å². The van der Waals surface area contributed by atoms with Crippen LogP contribution in [-0.4, -0.2) is 23.7 Å². The number of nitro benzene ring substituents is 1. The highest BCUT2D eigenvalue weighted by Gasteiger charge is 2.14. The predicted octanol–water partition coefficient (Wildman–Crippen LogP) is 2.33. The van der Waals surface area contributed by atoms with Gasteiger partial charge in [-0.05, 0) is 37.1 Å². The molecule has 1 N–H and O–H groups in total. The standard InChI is InChI=1S/C15H15N3O5/c1-10-6-12(18(20)21)7-11(2)15(10)23-9-14(19)17-16-8-13-4-3-5-22-13/h3-8H,9H2,1-2H3,(H,17,19)/b16-8-. The second-order valence-electron chi connectivity index (χ2n) is 4.76. The molecule has 0 aliphatic rings. The molecule has 0 bridgehead atoms. The zero-order chi connectivity index (χ0) is 16.8. The highest BCUT2D eigenvalue weighted by molar-refractivity contribution is 5.81. The third-order valence-electron chi connectivity index (χ3n) is 2.93. The minimum atomic E-state index is -0.472. The van der Waals surface area contributed by atoms with Crippen molar-refractivity contribution < 1.29 is 18.9 Å². The van der Waals surface area contributed by atoms with Gasteiger partial charge in [-0.1, -0.05) is 0 Å². The molecule has 0 atom stereocenters. The minimum absolute atomic E-state index is 0.0140. The first-order chi connectivity index (χ1) is 11.0. The molecule has 8 heteroatoms. The lowest BCUT2D eigenvalue weighted by Crippen LogP contribution is -2.25. The van der Waals surface area contributed by atoms with E-state index in [9.17, 15) is 14.9 Å². The summed E-state index contributed by atoms with van der Waals surface area (Å²) in [6.07, 6.45) is 2.85. The molecule has 8 nitrogen and oxygen atoms in total. The molecule has 0 aliphatic heterocycles. The number of benzene rings is 1. The molecule has 0 aliphatic carbocycles. The van der Waals surface area contributed by atoms with Crippen molar-refractivity contribution in [1.82, 2.24) is 5.43 Å². The number of nitrogens with zero attached hydrogens (tertiary/aromatic N) is 2. The van der Waals surface area contributed by atoms with Crippen LogP contribution >= 0.6 is 0 Å². The topological polar surface area (TPSA) is 107 Å². The zero-order valence-corrected chi connectivity index (χ0v) is 12.6. The molecule has 2 aromatic rings. The van der Waals surface area contributed by atoms with Crippen molar-refractivity contribution >= 4 is 17.8 Å². The summed E-state index contributed by atoms with van der Waals surface area (Å²) < 4.78 is 10.4. The Morgan fingerprint density at radius 1 is 1.43 bits per heavy atom. The lowest BCUT2D eigenvalue weighted by Gasteiger charge is -2.11. The normalized spacial score (nSPS) is 10.7. The van der Waals surface area contributed by atoms with Crippen LogP contribution in [0, 0.1) is 24.0 Å². The highest BCUT2D eigenvalue weighted by atomic mass is 16.6. The molecule has 0 unspecified atom stereocenters. The number of ether oxygens (including phenoxy) is 1. The fourth-order valence-corrected chi connectivity index (χ4v) is 1.96. The van der Waals surface area contributed by atoms with Crippen LogP contribution in [0.15, 0.2) is 40.0 Å². The Kier molecular flexibility index (Phi) is 5.08. The molecule has 23 heavy (non-hydrogen) atoms. The van der Waals surface area contributed by atoms with Crippen LogP contribution in [-0.2, 0) is 4.79 Å². The van der Waals surface area contributed by atoms with Crippen molar-refractivity contribution in [2.45, 2.75) is 13.8 Å². The number of carbonyl (C=O) groups excluding carboxylic acids is 1. The molecule has 0 spiro atoms. The first kappa shape index (κ1) is 16.2. The number of amides is 1. The zero-order valence-electron chi connectivity index (χ0n) is 12.6. The van der Waals surface area contributed by atoms with E-state index in [0.717, 1.165) is 0 Å². The van der Waals surface area contributed by atoms with Crippen molar-refractivity contribution in [3.63, 3.8) is 0 Å². The second kappa shape index (κ2) is 7.21. The van der Waals surface area contributed by atoms with Crippen molar-refractivity contribution in [3.8, 4) is 5.75 Å². The van der Waals surface area contributed by atoms with Gasteiger partial charge in [0.1, 0.15) is 11.5 Å². The number of nitrogens with one attached hydrogen (secondary N) is 1. The third kappa shape index (κ3) is 4.40. The Bertz CT molecular complexity index is 715. The van der Waals surface area contributed by atoms with Gasteiger partial charge in [0, 0.05) is 12.1 Å². The summed E-state index contributed by atoms with van der Waals surface area (Å²) in [5.41, 5.74) is 3.46. The minimum Gasteiger partial charge on any atom is -0.483 e. The SMILES string of the molecule is Cc1cc([N+](=O)[O-])cc(C)c1OCC(=O)N/N=C\c1ccco1. The number of carbonyl (C=O) groups is 1. The summed E-state index contributed by atoms with van der Waals surface area (Å²) in [6, 6.07) is 6.19. The van der Waals surface area contributed by atoms with Crippen molar-refractivity contribution in [3.05, 3.63) is 57.5 Å². The van der Waals surface area contributed by atoms with Crippen LogP contribution < -0.4 is 10.2 Å². The molecule has 1 aromatic carbocycles. The third-order valence-corrected chi connectivity index (χ3v) is 2.93. The Labute approximate surface area is 131 Å². The number of hydrogen-bond acceptors (Lipinski definition) is 6. The van der Waals surface area contributed by atoms with E-state index in [4.69, 9.17) is 9.15 Å². The van der Waals surface area contributed by atoms with Gasteiger partial charge in [-0.15, -0.1) is 0 Å². The number of hydrogen-bond donors (Lipinski definition) is 1. The smallest absolute Gasteiger partial charge is 0.277 e. The molecule has 1 heterocycles. The maximum Gasteiger partial charge on any atom is 0.277 e. The van der Waals surface area contributed by atoms with E-state index in [-0.39, 0.29) is 12.3 Å². The van der Waals surface area contributed by atoms with Crippen molar-refractivity contribution in [2.75, 3.05) is 6.61 Å². The average Bonchev–Trinajstić information content (AvgIpc) is 2.99. The van der Waals surface area contributed by atoms with Gasteiger partial charge in [0.05, 0.1) is 17.4 Å². The van der Waals surface area contributed by atoms with Crippen LogP contribution in [0.1, 0.15) is 16.9 Å². The summed E-state index contributed by atoms with van der Waals surface area (Å²) in [7, 11) is 0. The Balaban J connectivity index is 1.92. The van der Waals surface area contributed by atoms with E-state index in [1.54, 1.807) is 26.0 Å². The number of nitro groups is 1. The quantitative estimate of drug-likeness (QED) is 0.500. The van der Waals surface area contributed by atoms with E-state index in [1.807, 2.05) is 0 Å². The van der Waals surface area contributed by atoms with E-state index in [1.165, 1.54) is 24.6 Å². The fraction of sp³-hybridized carbons (Fsp3) is 0.200. The van der Waals surface area contributed by atoms with Gasteiger partial charge in [0.25, 0.3) is 11.6 Å². The van der Waals surface area contributed by atoms with Crippen molar-refractivity contribution in [2.24, 2.45) is 5.10 Å². The molecule has 0 saturated carbocycles. The van der Waals surface area contributed by atoms with Gasteiger partial charge in [0.2, 0.25) is 0 Å². The monoisotopic (exact) mass is 317 g/mol. The molecule has 1 aromatic heterocycles. The van der Waals surface area contributed by atoms with Gasteiger partial charge in [-0.2, -0.15) is 5.10 Å². The molecule has 0 radical (unpaired) electrons. The highest BCUT2D eigenvalue weighted by Crippen LogP contribution is 2.28. The summed E-state index contributed by atoms with van der Waals surface area (Å²) in [5, 5.41) is 14.5. The molecular weight excluding hydrogens is 302 g/mol. The Morgan fingerprint density at radius 3 is 2.70 bits per heavy atom. The van der Waals surface area contributed by atoms with Gasteiger partial charge in [-0.3, -0.25) is 14.9 Å². The first-order valence-electron chi connectivity index (χ1n) is 6.71. The lowest BCUT2D eigenvalue weighted by atomic mass is 10.1. The van der Waals surface area contributed by atoms with Crippen LogP contribution in [0.4, 0.5) is 5.69 Å². The second-order valence-corrected chi connectivity index (χ2v) is 4.76. The average molecular weight is 317 g/mol. The van der Waals surface area contributed by atoms with Gasteiger partial charge < -0.3 is 9.15 Å². The van der Waals surface area contributed by atoms with Gasteiger partial charge in [-0.25, -0.2) is 5.43 Å². The molecule has 1 amide bonds. The van der Waals surface area contributed by atoms with E-state index >= 15 is 0 Å². The number of rotatable bonds is 6. The largest absolute Gasteiger partial charge is 0.483 e. The fourth-order valence-electron chi connectivity index (χ4n) is 1.96. The van der Waals surface area contributed by atoms with Crippen molar-refractivity contribution in [1.29, 1.82) is 0 Å². The maximum atomic E-state index is 11.7. The van der Waals surface area contributed by atoms with Gasteiger partial charge >= 0.3 is 0 Å². The van der Waals surface area contributed by atoms with Crippen LogP contribution in [0.2, 0.25) is 0 Å². The lowest BCUT2D eigenvalue weighted by molar-refractivity contribution is -0.385. The van der Waals surface area contributed by atoms with E-state index in [2.05, 4.69) is 10.5 Å². The summed E-state index contributed by atoms with van der Waals surface area (Å²) >= 11 is 0. The molecule has 0 fully saturated rings. The number of furan rings is 1. The van der Waals surface area contributed by atoms with Gasteiger partial charge in [0.15, 0.2) is 6.61 Å². The summed E-state index contributed by atoms with van der Waals surface area (Å²) in [5.74, 6) is 0.499. The number of non-ortho nitro benzene ring substituents is 1. The molecule has 2 rings (SSSR count). The van der Waals surface area contributed by atoms with E-state index in [0.29, 0.717) is 22.6 Å². The maximum absolute atomic E-state index is 11.7. The number of hydrazone groups is 1. The van der Waals surface area contributed by atoms with Crippen LogP contribution in [0.3, 0.4) is 0 Å². The Morgan fingerprint density at radius 2 is 2.13 bits per heavy atom. The Hall–Kier alpha value is -3.16. The predicted molar refractivity (Wildman–Crippen MR) is 82.5 cm³/mol.